The second-order valence-electron chi connectivity index (χ2n) is 7.59. The Morgan fingerprint density at radius 1 is 1.30 bits per heavy atom. The highest BCUT2D eigenvalue weighted by Crippen LogP contribution is 2.48. The van der Waals surface area contributed by atoms with Crippen LogP contribution in [0.3, 0.4) is 0 Å². The molecule has 3 aliphatic heterocycles. The summed E-state index contributed by atoms with van der Waals surface area (Å²) in [5.41, 5.74) is 6.57. The van der Waals surface area contributed by atoms with Crippen molar-refractivity contribution in [3.63, 3.8) is 0 Å². The van der Waals surface area contributed by atoms with Gasteiger partial charge in [0, 0.05) is 54.5 Å². The number of anilines is 2. The molecule has 0 unspecified atom stereocenters. The minimum atomic E-state index is -0.369. The van der Waals surface area contributed by atoms with Gasteiger partial charge in [-0.25, -0.2) is 4.39 Å². The van der Waals surface area contributed by atoms with E-state index in [1.54, 1.807) is 12.1 Å². The van der Waals surface area contributed by atoms with Gasteiger partial charge < -0.3 is 15.5 Å². The zero-order chi connectivity index (χ0) is 18.4. The summed E-state index contributed by atoms with van der Waals surface area (Å²) in [6.07, 6.45) is 1.22. The molecule has 0 amide bonds. The Balaban J connectivity index is 1.45. The van der Waals surface area contributed by atoms with Gasteiger partial charge >= 0.3 is 0 Å². The molecule has 0 bridgehead atoms. The lowest BCUT2D eigenvalue weighted by molar-refractivity contribution is 0.406. The third-order valence-electron chi connectivity index (χ3n) is 5.97. The normalized spacial score (nSPS) is 23.6. The van der Waals surface area contributed by atoms with Crippen LogP contribution in [0, 0.1) is 5.82 Å². The molecule has 1 saturated heterocycles. The van der Waals surface area contributed by atoms with Crippen LogP contribution in [0.5, 0.6) is 0 Å². The fraction of sp³-hybridized carbons (Fsp3) is 0.429. The summed E-state index contributed by atoms with van der Waals surface area (Å²) in [6.45, 7) is 3.98. The van der Waals surface area contributed by atoms with E-state index in [1.165, 1.54) is 35.1 Å². The Morgan fingerprint density at radius 3 is 3.11 bits per heavy atom. The van der Waals surface area contributed by atoms with Crippen LogP contribution in [0.2, 0.25) is 5.02 Å². The summed E-state index contributed by atoms with van der Waals surface area (Å²) < 4.78 is 13.4. The van der Waals surface area contributed by atoms with Crippen LogP contribution < -0.4 is 15.5 Å². The van der Waals surface area contributed by atoms with E-state index >= 15 is 0 Å². The van der Waals surface area contributed by atoms with Crippen LogP contribution >= 0.6 is 23.4 Å². The first-order valence-electron chi connectivity index (χ1n) is 9.60. The summed E-state index contributed by atoms with van der Waals surface area (Å²) >= 11 is 7.95. The Labute approximate surface area is 168 Å². The van der Waals surface area contributed by atoms with Gasteiger partial charge in [0.25, 0.3) is 0 Å². The molecule has 5 rings (SSSR count). The number of nitrogens with zero attached hydrogens (tertiary/aromatic N) is 1. The summed E-state index contributed by atoms with van der Waals surface area (Å²) in [6, 6.07) is 10.2. The largest absolute Gasteiger partial charge is 0.381 e. The molecule has 2 aromatic carbocycles. The summed E-state index contributed by atoms with van der Waals surface area (Å²) in [5.74, 6) is 2.48. The highest BCUT2D eigenvalue weighted by Gasteiger charge is 2.41. The SMILES string of the molecule is Fc1ccc(CNc2cc3c4c(c2)[C@@H]2CNCC[C@@H]2N4CCSC3)cc1Cl. The molecule has 0 aromatic heterocycles. The summed E-state index contributed by atoms with van der Waals surface area (Å²) in [5, 5.41) is 7.30. The van der Waals surface area contributed by atoms with Crippen molar-refractivity contribution >= 4 is 34.7 Å². The zero-order valence-corrected chi connectivity index (χ0v) is 16.7. The van der Waals surface area contributed by atoms with Gasteiger partial charge in [-0.2, -0.15) is 11.8 Å². The number of benzene rings is 2. The van der Waals surface area contributed by atoms with E-state index in [0.717, 1.165) is 36.6 Å². The molecular weight excluding hydrogens is 381 g/mol. The number of halogens is 2. The van der Waals surface area contributed by atoms with Crippen molar-refractivity contribution in [2.24, 2.45) is 0 Å². The lowest BCUT2D eigenvalue weighted by Crippen LogP contribution is -2.44. The molecule has 1 fully saturated rings. The molecule has 6 heteroatoms. The highest BCUT2D eigenvalue weighted by molar-refractivity contribution is 7.98. The molecule has 2 N–H and O–H groups in total. The molecule has 27 heavy (non-hydrogen) atoms. The predicted molar refractivity (Wildman–Crippen MR) is 113 cm³/mol. The van der Waals surface area contributed by atoms with Crippen molar-refractivity contribution in [3.8, 4) is 0 Å². The maximum Gasteiger partial charge on any atom is 0.141 e. The fourth-order valence-corrected chi connectivity index (χ4v) is 5.85. The van der Waals surface area contributed by atoms with Crippen molar-refractivity contribution in [2.75, 3.05) is 35.6 Å². The van der Waals surface area contributed by atoms with Crippen LogP contribution in [0.25, 0.3) is 0 Å². The standard InChI is InChI=1S/C21H23ClFN3S/c22-18-7-13(1-2-19(18)23)10-25-15-8-14-12-27-6-5-26-20-3-4-24-11-17(20)16(9-15)21(14)26/h1-2,7-9,17,20,24-25H,3-6,10-12H2/t17-,20-/m0/s1. The molecule has 3 nitrogen and oxygen atoms in total. The summed E-state index contributed by atoms with van der Waals surface area (Å²) in [7, 11) is 0. The van der Waals surface area contributed by atoms with Gasteiger partial charge in [-0.1, -0.05) is 17.7 Å². The molecular formula is C21H23ClFN3S. The number of fused-ring (bicyclic) bond motifs is 3. The Bertz CT molecular complexity index is 875. The first-order valence-corrected chi connectivity index (χ1v) is 11.1. The highest BCUT2D eigenvalue weighted by atomic mass is 35.5. The maximum absolute atomic E-state index is 13.4. The van der Waals surface area contributed by atoms with E-state index in [1.807, 2.05) is 11.8 Å². The third kappa shape index (κ3) is 3.20. The predicted octanol–water partition coefficient (Wildman–Crippen LogP) is 4.60. The molecule has 0 aliphatic carbocycles. The third-order valence-corrected chi connectivity index (χ3v) is 7.24. The number of nitrogens with one attached hydrogen (secondary N) is 2. The van der Waals surface area contributed by atoms with Gasteiger partial charge in [-0.3, -0.25) is 0 Å². The minimum Gasteiger partial charge on any atom is -0.381 e. The Morgan fingerprint density at radius 2 is 2.22 bits per heavy atom. The molecule has 142 valence electrons. The van der Waals surface area contributed by atoms with Crippen LogP contribution in [0.15, 0.2) is 30.3 Å². The molecule has 3 heterocycles. The van der Waals surface area contributed by atoms with Gasteiger partial charge in [0.15, 0.2) is 0 Å². The second kappa shape index (κ2) is 7.19. The van der Waals surface area contributed by atoms with Gasteiger partial charge in [0.1, 0.15) is 5.82 Å². The number of thioether (sulfide) groups is 1. The zero-order valence-electron chi connectivity index (χ0n) is 15.1. The van der Waals surface area contributed by atoms with E-state index in [9.17, 15) is 4.39 Å². The van der Waals surface area contributed by atoms with Crippen LogP contribution in [0.1, 0.15) is 29.0 Å². The lowest BCUT2D eigenvalue weighted by Gasteiger charge is -2.33. The number of piperidine rings is 1. The van der Waals surface area contributed by atoms with E-state index < -0.39 is 0 Å². The maximum atomic E-state index is 13.4. The number of hydrogen-bond donors (Lipinski definition) is 2. The average Bonchev–Trinajstić information content (AvgIpc) is 2.84. The van der Waals surface area contributed by atoms with E-state index in [0.29, 0.717) is 18.5 Å². The van der Waals surface area contributed by atoms with E-state index in [4.69, 9.17) is 11.6 Å². The van der Waals surface area contributed by atoms with Crippen LogP contribution in [-0.2, 0) is 12.3 Å². The average molecular weight is 404 g/mol. The minimum absolute atomic E-state index is 0.179. The van der Waals surface area contributed by atoms with Crippen LogP contribution in [-0.4, -0.2) is 31.4 Å². The van der Waals surface area contributed by atoms with Gasteiger partial charge in [-0.05, 0) is 53.9 Å². The first-order chi connectivity index (χ1) is 13.2. The van der Waals surface area contributed by atoms with Crippen molar-refractivity contribution in [1.29, 1.82) is 0 Å². The fourth-order valence-electron chi connectivity index (χ4n) is 4.74. The van der Waals surface area contributed by atoms with Crippen molar-refractivity contribution < 1.29 is 4.39 Å². The molecule has 2 atom stereocenters. The van der Waals surface area contributed by atoms with E-state index in [2.05, 4.69) is 27.7 Å². The molecule has 3 aliphatic rings. The quantitative estimate of drug-likeness (QED) is 0.783. The van der Waals surface area contributed by atoms with Gasteiger partial charge in [0.2, 0.25) is 0 Å². The smallest absolute Gasteiger partial charge is 0.141 e. The van der Waals surface area contributed by atoms with Crippen molar-refractivity contribution in [1.82, 2.24) is 5.32 Å². The monoisotopic (exact) mass is 403 g/mol. The first kappa shape index (κ1) is 17.7. The summed E-state index contributed by atoms with van der Waals surface area (Å²) in [4.78, 5) is 2.68. The Hall–Kier alpha value is -1.43. The topological polar surface area (TPSA) is 27.3 Å². The van der Waals surface area contributed by atoms with Gasteiger partial charge in [-0.15, -0.1) is 0 Å². The van der Waals surface area contributed by atoms with Crippen molar-refractivity contribution in [2.45, 2.75) is 30.7 Å². The number of rotatable bonds is 3. The second-order valence-corrected chi connectivity index (χ2v) is 9.10. The lowest BCUT2D eigenvalue weighted by atomic mass is 9.89. The molecule has 0 saturated carbocycles. The molecule has 2 aromatic rings. The van der Waals surface area contributed by atoms with E-state index in [-0.39, 0.29) is 10.8 Å². The van der Waals surface area contributed by atoms with Crippen LogP contribution in [0.4, 0.5) is 15.8 Å². The Kier molecular flexibility index (Phi) is 4.70. The molecule has 0 radical (unpaired) electrons. The van der Waals surface area contributed by atoms with Crippen molar-refractivity contribution in [3.05, 3.63) is 57.9 Å². The molecule has 0 spiro atoms. The van der Waals surface area contributed by atoms with Gasteiger partial charge in [0.05, 0.1) is 5.02 Å². The number of hydrogen-bond acceptors (Lipinski definition) is 4.